The van der Waals surface area contributed by atoms with Crippen LogP contribution >= 0.6 is 101 Å². The number of phenolic OH excluding ortho intramolecular Hbond substituents is 11. The molecule has 0 radical (unpaired) electrons. The second-order valence-electron chi connectivity index (χ2n) is 27.6. The minimum atomic E-state index is -1.72. The number of aromatic hydroxyl groups is 11. The van der Waals surface area contributed by atoms with E-state index in [1.165, 1.54) is 0 Å². The SMILES string of the molecule is BrB(Br)Br.COc1ccc([C-](c2ccc(O)cc2)c2ccc(O)cc2)cc1.COc1ccc([C-](c2ccc(O)cc2)c2ccc(O)cc2)cc1.COc1ccc([C-]=O)cc1.COc1ccc([C-]=O)cc1.COc1ccccc1.O=[C-]Cl.O=[C-]Cl.Oc1ccc([C-](c2ccc(O)cc2)c2ccc(O)cc2)cc1.Oc1ccc([C-](c2ccc(O)cc2)c2ccc(O)cc2)cc1.Oc1ccccc1.[Cl][Al]([Cl])[Cl].[Rb+].[Rb+].[Rb+].[Rb+]. The van der Waals surface area contributed by atoms with E-state index in [9.17, 15) is 60.7 Å². The zero-order valence-corrected chi connectivity index (χ0v) is 108. The van der Waals surface area contributed by atoms with Crippen LogP contribution in [0, 0.1) is 23.7 Å². The van der Waals surface area contributed by atoms with Gasteiger partial charge >= 0.3 is 247 Å². The van der Waals surface area contributed by atoms with E-state index in [-0.39, 0.29) is 293 Å². The van der Waals surface area contributed by atoms with Gasteiger partial charge in [0.05, 0.1) is 59.6 Å². The average Bonchev–Trinajstić information content (AvgIpc) is 0.819. The third-order valence-electron chi connectivity index (χ3n) is 18.5. The number of ether oxygens (including phenoxy) is 5. The molecule has 0 amide bonds. The topological polar surface area (TPSA) is 337 Å². The van der Waals surface area contributed by atoms with Gasteiger partial charge in [-0.3, -0.25) is 0 Å². The Morgan fingerprint density at radius 2 is 0.322 bits per heavy atom. The molecule has 0 aliphatic rings. The van der Waals surface area contributed by atoms with Crippen LogP contribution in [0.3, 0.4) is 0 Å². The van der Waals surface area contributed by atoms with Gasteiger partial charge in [0.15, 0.2) is 0 Å². The van der Waals surface area contributed by atoms with Crippen molar-refractivity contribution in [3.63, 3.8) is 0 Å². The second-order valence-corrected chi connectivity index (χ2v) is 40.8. The normalized spacial score (nSPS) is 9.21. The quantitative estimate of drug-likeness (QED) is 0.0155. The molecule has 0 aromatic heterocycles. The Morgan fingerprint density at radius 3 is 0.427 bits per heavy atom. The largest absolute Gasteiger partial charge is 1.00 e. The summed E-state index contributed by atoms with van der Waals surface area (Å²) >= 11 is 16.0. The Morgan fingerprint density at radius 1 is 0.217 bits per heavy atom. The van der Waals surface area contributed by atoms with E-state index in [0.717, 1.165) is 131 Å². The number of benzene rings is 16. The number of carbonyl (C=O) groups excluding carboxylic acids is 4. The monoisotopic (exact) mass is 2510 g/mol. The van der Waals surface area contributed by atoms with Crippen LogP contribution in [-0.2, 0) is 19.2 Å². The maximum Gasteiger partial charge on any atom is 1.00 e. The molecule has 0 saturated heterocycles. The Labute approximate surface area is 1080 Å². The molecule has 16 aromatic rings. The van der Waals surface area contributed by atoms with E-state index >= 15 is 0 Å². The molecule has 0 heterocycles. The molecule has 20 nitrogen and oxygen atoms in total. The van der Waals surface area contributed by atoms with Crippen LogP contribution in [-0.4, -0.2) is 130 Å². The van der Waals surface area contributed by atoms with Crippen LogP contribution in [0.15, 0.2) is 400 Å². The van der Waals surface area contributed by atoms with Crippen LogP contribution < -0.4 is 256 Å². The number of methoxy groups -OCH3 is 5. The van der Waals surface area contributed by atoms with Crippen molar-refractivity contribution in [3.05, 3.63) is 502 Å². The summed E-state index contributed by atoms with van der Waals surface area (Å²) in [7, 11) is 22.9. The smallest absolute Gasteiger partial charge is 0.525 e. The maximum absolute atomic E-state index is 10.0. The van der Waals surface area contributed by atoms with Crippen molar-refractivity contribution in [3.8, 4) is 92.0 Å². The molecule has 34 heteroatoms. The summed E-state index contributed by atoms with van der Waals surface area (Å²) in [5.41, 5.74) is 12.7. The van der Waals surface area contributed by atoms with Gasteiger partial charge in [-0.1, -0.05) is 297 Å². The average molecular weight is 2520 g/mol. The van der Waals surface area contributed by atoms with E-state index in [0.29, 0.717) is 16.9 Å². The fourth-order valence-corrected chi connectivity index (χ4v) is 12.1. The number of para-hydroxylation sites is 2. The third kappa shape index (κ3) is 53.8. The van der Waals surface area contributed by atoms with Gasteiger partial charge in [-0.15, -0.1) is 47.3 Å². The van der Waals surface area contributed by atoms with E-state index in [4.69, 9.17) is 68.5 Å². The van der Waals surface area contributed by atoms with Crippen molar-refractivity contribution in [2.75, 3.05) is 35.5 Å². The van der Waals surface area contributed by atoms with Gasteiger partial charge in [0, 0.05) is 0 Å². The van der Waals surface area contributed by atoms with Crippen molar-refractivity contribution >= 4 is 139 Å². The zero-order valence-electron chi connectivity index (χ0n) is 78.9. The van der Waals surface area contributed by atoms with Crippen LogP contribution in [0.1, 0.15) is 77.9 Å². The van der Waals surface area contributed by atoms with Crippen LogP contribution in [0.25, 0.3) is 0 Å². The van der Waals surface area contributed by atoms with Gasteiger partial charge in [-0.25, -0.2) is 30.1 Å². The van der Waals surface area contributed by atoms with E-state index < -0.39 is 11.4 Å². The van der Waals surface area contributed by atoms with Crippen LogP contribution in [0.4, 0.5) is 0 Å². The fraction of sp³-hybridized carbons (Fsp3) is 0.0459. The van der Waals surface area contributed by atoms with Crippen molar-refractivity contribution < 1.29 is 332 Å². The minimum absolute atomic E-state index is 0. The van der Waals surface area contributed by atoms with Crippen LogP contribution in [0.2, 0.25) is 0 Å². The first-order valence-electron chi connectivity index (χ1n) is 40.8. The van der Waals surface area contributed by atoms with Gasteiger partial charge in [0.2, 0.25) is 0 Å². The molecule has 0 saturated carbocycles. The summed E-state index contributed by atoms with van der Waals surface area (Å²) in [6.07, 6.45) is 3.55. The maximum atomic E-state index is 10.0. The zero-order chi connectivity index (χ0) is 102. The molecule has 16 aromatic carbocycles. The van der Waals surface area contributed by atoms with Gasteiger partial charge < -0.3 is 122 Å². The molecular formula is C109H92AlBBr3Cl5O20Rb4-4. The van der Waals surface area contributed by atoms with E-state index in [1.807, 2.05) is 206 Å². The summed E-state index contributed by atoms with van der Waals surface area (Å²) in [5, 5.41) is 104. The Balaban J connectivity index is 0.000000820. The third-order valence-corrected chi connectivity index (χ3v) is 18.5. The van der Waals surface area contributed by atoms with Gasteiger partial charge in [-0.05, 0) is 170 Å². The standard InChI is InChI=1S/2C20H17O3.2C19H15O3.2C8H7O2.C7H8O.C6H6O.2CClO.Al.BBr3.3ClH.4Rb/c2*1-23-19-12-6-16(7-13-19)20(14-2-8-17(21)9-3-14)15-4-10-18(22)11-5-15;2*20-16-7-1-13(2-8-16)19(14-3-9-17(21)10-4-14)15-5-11-18(22)12-6-15;2*1-10-8-4-2-7(6-9)3-5-8;1-8-7-5-3-2-4-6-7;7-6-4-2-1-3-5-6;2*2-1-3;;2-1(3)4;;;;;;;/h2*2-13,21-22H,1H3;2*1-12,20-22H;2*2-5H,1H3;2-6H,1H3;1-5,7H;;;;;3*1H;;;;/q6*-1;;;2*-1;+3;;;;;4*+1/p-3. The van der Waals surface area contributed by atoms with Crippen molar-refractivity contribution in [2.24, 2.45) is 0 Å². The minimum Gasteiger partial charge on any atom is -0.525 e. The number of halogens is 8. The molecule has 0 fully saturated rings. The number of hydrogen-bond acceptors (Lipinski definition) is 20. The molecule has 0 unspecified atom stereocenters. The summed E-state index contributed by atoms with van der Waals surface area (Å²) in [6, 6.07) is 118. The Kier molecular flexibility index (Phi) is 73.6. The van der Waals surface area contributed by atoms with Crippen LogP contribution in [0.5, 0.6) is 92.0 Å². The summed E-state index contributed by atoms with van der Waals surface area (Å²) in [4.78, 5) is 37.0. The van der Waals surface area contributed by atoms with E-state index in [1.54, 1.807) is 242 Å². The molecule has 0 aliphatic carbocycles. The molecule has 718 valence electrons. The second kappa shape index (κ2) is 78.4. The molecular weight excluding hydrogens is 2430 g/mol. The molecule has 0 aliphatic heterocycles. The van der Waals surface area contributed by atoms with Gasteiger partial charge in [0.25, 0.3) is 0 Å². The molecule has 0 atom stereocenters. The number of hydrogen-bond donors (Lipinski definition) is 11. The predicted octanol–water partition coefficient (Wildman–Crippen LogP) is 13.7. The number of phenols is 11. The first kappa shape index (κ1) is 134. The Bertz CT molecular complexity index is 5440. The molecule has 0 bridgehead atoms. The number of rotatable bonds is 19. The Hall–Kier alpha value is -6.81. The van der Waals surface area contributed by atoms with E-state index in [2.05, 4.69) is 70.5 Å². The summed E-state index contributed by atoms with van der Waals surface area (Å²) < 4.78 is 25.4. The molecule has 16 rings (SSSR count). The summed E-state index contributed by atoms with van der Waals surface area (Å²) in [6.45, 7) is 0. The fourth-order valence-electron chi connectivity index (χ4n) is 12.1. The first-order chi connectivity index (χ1) is 66.9. The summed E-state index contributed by atoms with van der Waals surface area (Å²) in [5.74, 6) is 12.4. The van der Waals surface area contributed by atoms with Crippen molar-refractivity contribution in [2.45, 2.75) is 0 Å². The van der Waals surface area contributed by atoms with Crippen molar-refractivity contribution in [1.29, 1.82) is 0 Å². The molecule has 0 spiro atoms. The first-order valence-corrected chi connectivity index (χ1v) is 49.6. The molecule has 11 N–H and O–H groups in total. The predicted molar refractivity (Wildman–Crippen MR) is 565 cm³/mol. The van der Waals surface area contributed by atoms with Gasteiger partial charge in [0.1, 0.15) is 80.5 Å². The van der Waals surface area contributed by atoms with Gasteiger partial charge in [-0.2, -0.15) is 46.9 Å². The molecule has 143 heavy (non-hydrogen) atoms. The van der Waals surface area contributed by atoms with Crippen molar-refractivity contribution in [1.82, 2.24) is 0 Å².